The van der Waals surface area contributed by atoms with Gasteiger partial charge in [-0.2, -0.15) is 5.10 Å². The summed E-state index contributed by atoms with van der Waals surface area (Å²) < 4.78 is 1.83. The van der Waals surface area contributed by atoms with Crippen LogP contribution in [-0.2, 0) is 20.0 Å². The van der Waals surface area contributed by atoms with E-state index in [4.69, 9.17) is 0 Å². The molecule has 0 aliphatic heterocycles. The zero-order valence-corrected chi connectivity index (χ0v) is 12.8. The second kappa shape index (κ2) is 5.90. The van der Waals surface area contributed by atoms with Gasteiger partial charge in [-0.15, -0.1) is 0 Å². The van der Waals surface area contributed by atoms with Gasteiger partial charge in [-0.1, -0.05) is 6.92 Å². The van der Waals surface area contributed by atoms with E-state index in [0.717, 1.165) is 35.1 Å². The third-order valence-corrected chi connectivity index (χ3v) is 3.31. The maximum absolute atomic E-state index is 4.56. The smallest absolute Gasteiger partial charge is 0.135 e. The van der Waals surface area contributed by atoms with E-state index in [1.54, 1.807) is 0 Å². The van der Waals surface area contributed by atoms with Gasteiger partial charge in [0.05, 0.1) is 5.69 Å². The van der Waals surface area contributed by atoms with Crippen LogP contribution in [0.3, 0.4) is 0 Å². The summed E-state index contributed by atoms with van der Waals surface area (Å²) in [4.78, 5) is 9.03. The molecule has 0 aromatic carbocycles. The van der Waals surface area contributed by atoms with E-state index >= 15 is 0 Å². The number of nitrogens with zero attached hydrogens (tertiary/aromatic N) is 4. The molecular weight excluding hydrogens is 252 g/mol. The number of hydrogen-bond donors (Lipinski definition) is 2. The number of nitrogens with one attached hydrogen (secondary N) is 2. The normalized spacial score (nSPS) is 10.7. The second-order valence-electron chi connectivity index (χ2n) is 4.83. The van der Waals surface area contributed by atoms with E-state index in [0.29, 0.717) is 6.54 Å². The van der Waals surface area contributed by atoms with Crippen LogP contribution >= 0.6 is 0 Å². The van der Waals surface area contributed by atoms with E-state index in [-0.39, 0.29) is 0 Å². The molecule has 2 aromatic heterocycles. The average molecular weight is 274 g/mol. The van der Waals surface area contributed by atoms with Crippen molar-refractivity contribution in [2.75, 3.05) is 17.7 Å². The zero-order valence-electron chi connectivity index (χ0n) is 12.8. The molecule has 2 N–H and O–H groups in total. The van der Waals surface area contributed by atoms with Gasteiger partial charge < -0.3 is 10.6 Å². The topological polar surface area (TPSA) is 67.7 Å². The predicted octanol–water partition coefficient (Wildman–Crippen LogP) is 2.04. The fourth-order valence-electron chi connectivity index (χ4n) is 2.14. The van der Waals surface area contributed by atoms with Crippen molar-refractivity contribution in [3.63, 3.8) is 0 Å². The van der Waals surface area contributed by atoms with Gasteiger partial charge in [0, 0.05) is 44.4 Å². The first-order valence-corrected chi connectivity index (χ1v) is 6.83. The van der Waals surface area contributed by atoms with Crippen molar-refractivity contribution in [1.29, 1.82) is 0 Å². The van der Waals surface area contributed by atoms with Crippen molar-refractivity contribution in [3.8, 4) is 0 Å². The maximum Gasteiger partial charge on any atom is 0.135 e. The molecule has 20 heavy (non-hydrogen) atoms. The first-order valence-electron chi connectivity index (χ1n) is 6.83. The lowest BCUT2D eigenvalue weighted by Gasteiger charge is -2.13. The summed E-state index contributed by atoms with van der Waals surface area (Å²) in [5.41, 5.74) is 3.25. The molecule has 0 spiro atoms. The van der Waals surface area contributed by atoms with Crippen LogP contribution in [0.4, 0.5) is 11.6 Å². The van der Waals surface area contributed by atoms with E-state index in [1.807, 2.05) is 38.8 Å². The monoisotopic (exact) mass is 274 g/mol. The quantitative estimate of drug-likeness (QED) is 0.873. The highest BCUT2D eigenvalue weighted by Gasteiger charge is 2.10. The summed E-state index contributed by atoms with van der Waals surface area (Å²) in [6.07, 6.45) is 2.84. The molecule has 2 heterocycles. The first-order chi connectivity index (χ1) is 9.55. The Balaban J connectivity index is 2.22. The van der Waals surface area contributed by atoms with Crippen molar-refractivity contribution in [2.24, 2.45) is 7.05 Å². The van der Waals surface area contributed by atoms with Crippen LogP contribution in [0.2, 0.25) is 0 Å². The Hall–Kier alpha value is -2.11. The molecule has 6 heteroatoms. The van der Waals surface area contributed by atoms with Crippen LogP contribution < -0.4 is 10.6 Å². The Morgan fingerprint density at radius 1 is 1.20 bits per heavy atom. The fourth-order valence-corrected chi connectivity index (χ4v) is 2.14. The Kier molecular flexibility index (Phi) is 4.22. The maximum atomic E-state index is 4.56. The highest BCUT2D eigenvalue weighted by molar-refractivity contribution is 5.57. The molecule has 0 aliphatic carbocycles. The van der Waals surface area contributed by atoms with Crippen molar-refractivity contribution >= 4 is 11.6 Å². The van der Waals surface area contributed by atoms with E-state index < -0.39 is 0 Å². The molecule has 0 unspecified atom stereocenters. The predicted molar refractivity (Wildman–Crippen MR) is 81.0 cm³/mol. The van der Waals surface area contributed by atoms with E-state index in [2.05, 4.69) is 32.6 Å². The van der Waals surface area contributed by atoms with Crippen LogP contribution in [0.15, 0.2) is 6.20 Å². The third kappa shape index (κ3) is 2.89. The Morgan fingerprint density at radius 2 is 1.90 bits per heavy atom. The molecule has 0 bridgehead atoms. The minimum atomic E-state index is 0.712. The highest BCUT2D eigenvalue weighted by Crippen LogP contribution is 2.20. The fraction of sp³-hybridized carbons (Fsp3) is 0.500. The van der Waals surface area contributed by atoms with Crippen LogP contribution in [-0.4, -0.2) is 26.8 Å². The Morgan fingerprint density at radius 3 is 2.45 bits per heavy atom. The number of rotatable bonds is 5. The molecule has 0 fully saturated rings. The lowest BCUT2D eigenvalue weighted by atomic mass is 10.2. The van der Waals surface area contributed by atoms with Crippen molar-refractivity contribution in [2.45, 2.75) is 33.7 Å². The second-order valence-corrected chi connectivity index (χ2v) is 4.83. The molecule has 0 radical (unpaired) electrons. The van der Waals surface area contributed by atoms with Crippen LogP contribution in [0.25, 0.3) is 0 Å². The SMILES string of the molecule is CCc1nc(NC)c(C)c(NCc2cn(C)nc2C)n1. The molecule has 2 aromatic rings. The average Bonchev–Trinajstić information content (AvgIpc) is 2.76. The summed E-state index contributed by atoms with van der Waals surface area (Å²) in [5, 5.41) is 10.8. The van der Waals surface area contributed by atoms with Gasteiger partial charge in [0.25, 0.3) is 0 Å². The van der Waals surface area contributed by atoms with Crippen molar-refractivity contribution < 1.29 is 0 Å². The Labute approximate surface area is 119 Å². The zero-order chi connectivity index (χ0) is 14.7. The number of hydrogen-bond acceptors (Lipinski definition) is 5. The molecule has 108 valence electrons. The van der Waals surface area contributed by atoms with Gasteiger partial charge in [-0.25, -0.2) is 9.97 Å². The van der Waals surface area contributed by atoms with E-state index in [1.165, 1.54) is 5.56 Å². The van der Waals surface area contributed by atoms with Gasteiger partial charge >= 0.3 is 0 Å². The Bertz CT molecular complexity index is 602. The molecule has 0 saturated carbocycles. The number of anilines is 2. The summed E-state index contributed by atoms with van der Waals surface area (Å²) >= 11 is 0. The third-order valence-electron chi connectivity index (χ3n) is 3.31. The molecule has 0 atom stereocenters. The van der Waals surface area contributed by atoms with Gasteiger partial charge in [0.1, 0.15) is 17.5 Å². The summed E-state index contributed by atoms with van der Waals surface area (Å²) in [5.74, 6) is 2.59. The molecule has 6 nitrogen and oxygen atoms in total. The minimum absolute atomic E-state index is 0.712. The highest BCUT2D eigenvalue weighted by atomic mass is 15.3. The van der Waals surface area contributed by atoms with Gasteiger partial charge in [-0.3, -0.25) is 4.68 Å². The lowest BCUT2D eigenvalue weighted by Crippen LogP contribution is -2.09. The van der Waals surface area contributed by atoms with E-state index in [9.17, 15) is 0 Å². The molecule has 0 amide bonds. The summed E-state index contributed by atoms with van der Waals surface area (Å²) in [6, 6.07) is 0. The minimum Gasteiger partial charge on any atom is -0.373 e. The van der Waals surface area contributed by atoms with Gasteiger partial charge in [-0.05, 0) is 13.8 Å². The largest absolute Gasteiger partial charge is 0.373 e. The molecule has 0 aliphatic rings. The standard InChI is InChI=1S/C14H22N6/c1-6-12-17-13(15-4)9(2)14(18-12)16-7-11-8-20(5)19-10(11)3/h8H,6-7H2,1-5H3,(H2,15,16,17,18). The number of aromatic nitrogens is 4. The van der Waals surface area contributed by atoms with Crippen LogP contribution in [0.5, 0.6) is 0 Å². The van der Waals surface area contributed by atoms with Gasteiger partial charge in [0.2, 0.25) is 0 Å². The first kappa shape index (κ1) is 14.3. The van der Waals surface area contributed by atoms with Crippen molar-refractivity contribution in [3.05, 3.63) is 28.8 Å². The van der Waals surface area contributed by atoms with Crippen molar-refractivity contribution in [1.82, 2.24) is 19.7 Å². The van der Waals surface area contributed by atoms with Gasteiger partial charge in [0.15, 0.2) is 0 Å². The number of aryl methyl sites for hydroxylation is 3. The lowest BCUT2D eigenvalue weighted by molar-refractivity contribution is 0.756. The summed E-state index contributed by atoms with van der Waals surface area (Å²) in [6.45, 7) is 6.80. The molecule has 0 saturated heterocycles. The molecule has 2 rings (SSSR count). The van der Waals surface area contributed by atoms with Crippen LogP contribution in [0.1, 0.15) is 29.6 Å². The molecular formula is C14H22N6. The summed E-state index contributed by atoms with van der Waals surface area (Å²) in [7, 11) is 3.81. The van der Waals surface area contributed by atoms with Crippen LogP contribution in [0, 0.1) is 13.8 Å².